The minimum Gasteiger partial charge on any atom is -0.433 e. The van der Waals surface area contributed by atoms with Gasteiger partial charge < -0.3 is 174 Å². The molecular weight excluding hydrogens is 1880 g/mol. The van der Waals surface area contributed by atoms with Gasteiger partial charge in [0.1, 0.15) is 84.3 Å². The van der Waals surface area contributed by atoms with E-state index in [9.17, 15) is 79.1 Å². The van der Waals surface area contributed by atoms with E-state index in [1.165, 1.54) is 40.7 Å². The van der Waals surface area contributed by atoms with E-state index in [0.717, 1.165) is 23.7 Å². The number of aliphatic hydroxyl groups excluding tert-OH is 12. The molecule has 4 rings (SSSR count). The number of benzene rings is 1. The van der Waals surface area contributed by atoms with E-state index >= 15 is 0 Å². The van der Waals surface area contributed by atoms with Gasteiger partial charge in [-0.25, -0.2) is 10.2 Å². The molecule has 3 aliphatic rings. The van der Waals surface area contributed by atoms with Gasteiger partial charge in [0.15, 0.2) is 18.9 Å². The average Bonchev–Trinajstić information content (AvgIpc) is 0.813. The van der Waals surface area contributed by atoms with Crippen LogP contribution in [0.1, 0.15) is 166 Å². The maximum atomic E-state index is 13.3. The zero-order valence-electron chi connectivity index (χ0n) is 82.4. The molecule has 1 aromatic rings. The number of hydrogen-bond acceptors (Lipinski definition) is 38. The zero-order valence-corrected chi connectivity index (χ0v) is 85.9. The van der Waals surface area contributed by atoms with Gasteiger partial charge in [-0.05, 0) is 108 Å². The van der Waals surface area contributed by atoms with E-state index in [2.05, 4.69) is 83.7 Å². The normalized spacial score (nSPS) is 22.3. The highest BCUT2D eigenvalue weighted by Gasteiger charge is 2.48. The number of carbonyl (C=O) groups is 5. The quantitative estimate of drug-likeness (QED) is 0.0250. The molecule has 0 aliphatic carbocycles. The Labute approximate surface area is 822 Å². The average molecular weight is 2060 g/mol. The van der Waals surface area contributed by atoms with E-state index in [1.807, 2.05) is 32.0 Å². The van der Waals surface area contributed by atoms with Crippen molar-refractivity contribution < 1.29 is 175 Å². The van der Waals surface area contributed by atoms with Crippen molar-refractivity contribution in [2.45, 2.75) is 269 Å². The number of nitrogens with two attached hydrogens (primary N) is 1. The van der Waals surface area contributed by atoms with Crippen LogP contribution in [-0.2, 0) is 104 Å². The third kappa shape index (κ3) is 68.9. The van der Waals surface area contributed by atoms with Crippen molar-refractivity contribution >= 4 is 69.0 Å². The molecule has 48 heteroatoms. The molecule has 0 bridgehead atoms. The van der Waals surface area contributed by atoms with Crippen LogP contribution < -0.4 is 47.0 Å². The van der Waals surface area contributed by atoms with Crippen molar-refractivity contribution in [1.82, 2.24) is 36.8 Å². The molecule has 5 amide bonds. The predicted octanol–water partition coefficient (Wildman–Crippen LogP) is 1.52. The van der Waals surface area contributed by atoms with Crippen LogP contribution in [0.25, 0.3) is 0 Å². The van der Waals surface area contributed by atoms with Crippen molar-refractivity contribution in [3.63, 3.8) is 0 Å². The molecule has 3 aliphatic heterocycles. The number of hydrogen-bond donors (Lipinski definition) is 22. The van der Waals surface area contributed by atoms with Crippen molar-refractivity contribution in [2.75, 3.05) is 223 Å². The Morgan fingerprint density at radius 3 is 1.01 bits per heavy atom. The molecule has 0 aromatic heterocycles. The summed E-state index contributed by atoms with van der Waals surface area (Å²) in [5.41, 5.74) is 2.89. The van der Waals surface area contributed by atoms with Gasteiger partial charge in [0.2, 0.25) is 29.5 Å². The van der Waals surface area contributed by atoms with Crippen LogP contribution in [0.15, 0.2) is 42.7 Å². The van der Waals surface area contributed by atoms with Gasteiger partial charge in [-0.15, -0.1) is 0 Å². The van der Waals surface area contributed by atoms with Crippen molar-refractivity contribution in [2.24, 2.45) is 5.73 Å². The molecule has 3 heterocycles. The maximum Gasteiger partial charge on any atom is 0.317 e. The van der Waals surface area contributed by atoms with Crippen LogP contribution in [0.4, 0.5) is 0 Å². The Morgan fingerprint density at radius 1 is 0.467 bits per heavy atom. The summed E-state index contributed by atoms with van der Waals surface area (Å²) >= 11 is 5.98. The molecule has 17 atom stereocenters. The predicted molar refractivity (Wildman–Crippen MR) is 523 cm³/mol. The number of carbonyl (C=O) groups excluding carboxylic acids is 5. The smallest absolute Gasteiger partial charge is 0.317 e. The van der Waals surface area contributed by atoms with E-state index < -0.39 is 175 Å². The number of nitrogens with one attached hydrogen (secondary N) is 7. The summed E-state index contributed by atoms with van der Waals surface area (Å²) in [6.45, 7) is 23.2. The fourth-order valence-electron chi connectivity index (χ4n) is 11.6. The number of aliphatic hydroxyl groups is 12. The fourth-order valence-corrected chi connectivity index (χ4v) is 14.8. The lowest BCUT2D eigenvalue weighted by atomic mass is 9.97. The van der Waals surface area contributed by atoms with Gasteiger partial charge in [0.05, 0.1) is 91.0 Å². The molecular formula is C89H178N8O36P2S2. The molecule has 1 aromatic carbocycles. The first kappa shape index (κ1) is 139. The van der Waals surface area contributed by atoms with Crippen LogP contribution in [0.2, 0.25) is 0 Å². The summed E-state index contributed by atoms with van der Waals surface area (Å²) < 4.78 is 115. The van der Waals surface area contributed by atoms with Crippen LogP contribution in [-0.4, -0.2) is 422 Å². The molecule has 0 saturated carbocycles. The summed E-state index contributed by atoms with van der Waals surface area (Å²) in [7, 11) is -1.29. The number of ether oxygens (including phenoxy) is 15. The van der Waals surface area contributed by atoms with E-state index in [1.54, 1.807) is 38.0 Å². The second-order valence-electron chi connectivity index (χ2n) is 31.3. The van der Waals surface area contributed by atoms with E-state index in [0.29, 0.717) is 187 Å². The lowest BCUT2D eigenvalue weighted by molar-refractivity contribution is -0.270. The highest BCUT2D eigenvalue weighted by Crippen LogP contribution is 2.43. The first-order chi connectivity index (χ1) is 65.1. The topological polar surface area (TPSA) is 640 Å². The van der Waals surface area contributed by atoms with Crippen molar-refractivity contribution in [3.8, 4) is 5.75 Å². The summed E-state index contributed by atoms with van der Waals surface area (Å²) in [6, 6.07) is 6.11. The maximum absolute atomic E-state index is 13.3. The van der Waals surface area contributed by atoms with Gasteiger partial charge in [0.25, 0.3) is 7.52 Å². The number of thiol groups is 1. The minimum atomic E-state index is -3.14. The van der Waals surface area contributed by atoms with E-state index in [4.69, 9.17) is 102 Å². The fraction of sp³-hybridized carbons (Fsp3) is 0.854. The highest BCUT2D eigenvalue weighted by molar-refractivity contribution is 7.99. The molecule has 3 fully saturated rings. The third-order valence-electron chi connectivity index (χ3n) is 18.8. The van der Waals surface area contributed by atoms with Gasteiger partial charge in [-0.1, -0.05) is 86.6 Å². The van der Waals surface area contributed by atoms with Crippen LogP contribution in [0.5, 0.6) is 5.75 Å². The third-order valence-corrected chi connectivity index (χ3v) is 23.6. The first-order valence-electron chi connectivity index (χ1n) is 46.9. The molecule has 812 valence electrons. The Bertz CT molecular complexity index is 2950. The Balaban J connectivity index is -0.00000160. The highest BCUT2D eigenvalue weighted by atomic mass is 32.2. The molecule has 137 heavy (non-hydrogen) atoms. The lowest BCUT2D eigenvalue weighted by Crippen LogP contribution is -2.64. The van der Waals surface area contributed by atoms with Crippen molar-refractivity contribution in [3.05, 3.63) is 42.7 Å². The van der Waals surface area contributed by atoms with Gasteiger partial charge in [-0.2, -0.15) is 24.4 Å². The minimum absolute atomic E-state index is 0. The van der Waals surface area contributed by atoms with Gasteiger partial charge in [-0.3, -0.25) is 33.1 Å². The Hall–Kier alpha value is -3.97. The molecule has 0 spiro atoms. The number of thioether (sulfide) groups is 1. The Kier molecular flexibility index (Phi) is 91.1. The number of para-hydroxylation sites is 1. The largest absolute Gasteiger partial charge is 0.433 e. The van der Waals surface area contributed by atoms with Gasteiger partial charge in [0, 0.05) is 151 Å². The summed E-state index contributed by atoms with van der Waals surface area (Å²) in [6.07, 6.45) is -4.73. The SMILES string of the molecule is C.C=CP(=O)(O)NC.CC.CC(=O)NC1C(OCCCOCCCOCCCOCC(COCCCOCCCOCCCOC2OC(CO)C(O)C(O)C2NC(C)=O)(COCCCOCCCOCCCOC2OC(CO)C(O)C(O)C2NC(C)=O)NC(=O)CCCS)OC(CO)C(O)C1O.CCC.CCC.CNC(=O)CCCSCCP(=O)(NC)Oc1ccccc1.NC(CO)(CO)CO. The summed E-state index contributed by atoms with van der Waals surface area (Å²) in [5.74, 6) is 2.27. The van der Waals surface area contributed by atoms with Crippen LogP contribution >= 0.6 is 39.4 Å². The van der Waals surface area contributed by atoms with Crippen molar-refractivity contribution in [1.29, 1.82) is 0 Å². The molecule has 3 saturated heterocycles. The monoisotopic (exact) mass is 2060 g/mol. The first-order valence-corrected chi connectivity index (χ1v) is 52.2. The van der Waals surface area contributed by atoms with E-state index in [-0.39, 0.29) is 65.3 Å². The number of amides is 5. The zero-order chi connectivity index (χ0) is 103. The lowest BCUT2D eigenvalue weighted by Gasteiger charge is -2.42. The Morgan fingerprint density at radius 2 is 0.766 bits per heavy atom. The molecule has 22 N–H and O–H groups in total. The summed E-state index contributed by atoms with van der Waals surface area (Å²) in [4.78, 5) is 67.9. The van der Waals surface area contributed by atoms with Crippen LogP contribution in [0.3, 0.4) is 0 Å². The molecule has 0 radical (unpaired) electrons. The second kappa shape index (κ2) is 89.6. The summed E-state index contributed by atoms with van der Waals surface area (Å²) in [5, 5.41) is 134. The van der Waals surface area contributed by atoms with Gasteiger partial charge >= 0.3 is 7.52 Å². The van der Waals surface area contributed by atoms with Crippen LogP contribution in [0, 0.1) is 0 Å². The molecule has 44 nitrogen and oxygen atoms in total. The standard InChI is InChI=1S/C59H110N4O28S.C14H23N2O3PS.C4H11NO3.C3H8NO2P.2C3H8.C2H6.CH4/c1-40(67)60-47-53(74)50(71)43(34-64)89-56(47)86-30-11-24-80-18-5-15-77-21-8-27-83-37-59(63-46(70)14-4-33-92,38-84-28-9-22-78-16-6-19-81-25-12-31-87-57-48(61-41(2)68)54(75)51(72)44(35-65)90-57)39-85-29-10-23-79-17-7-20-82-26-13-32-88-58-49(62-42(3)69)55(76)52(73)45(36-66)91-58;1-15-14(17)9-6-11-21-12-10-20(18,16-2)19-13-7-4-3-5-8-13;5-4(1-6,2-7)3-8;1-3-7(5,6)4-2;2*1-3-2;1-2;/h43-45,47-58,64-66,71-76,92H,4-39H2,1-3H3,(H,60,67)(H,61,68)(H,62,69)(H,63,70);3-5,7-8H,6,9-12H2,1-2H3,(H,15,17)(H,16,18);6-8H,1-3,5H2;3H,1H2,2H3,(H2,4,5,6);2*3H2,1-2H3;1-2H3;1H4. The molecule has 17 unspecified atom stereocenters. The second-order valence-corrected chi connectivity index (χ2v) is 37.4. The number of rotatable bonds is 70.